The fraction of sp³-hybridized carbons (Fsp3) is 0.250. The molecule has 0 aliphatic heterocycles. The number of carboxylic acid groups (broad SMARTS) is 1. The monoisotopic (exact) mass is 151 g/mol. The van der Waals surface area contributed by atoms with Gasteiger partial charge in [0.25, 0.3) is 0 Å². The van der Waals surface area contributed by atoms with Crippen LogP contribution in [0.2, 0.25) is 0 Å². The van der Waals surface area contributed by atoms with Crippen LogP contribution in [-0.4, -0.2) is 16.0 Å². The third-order valence-electron chi connectivity index (χ3n) is 0.319. The highest BCUT2D eigenvalue weighted by atomic mass is 31.1. The molecule has 0 saturated heterocycles. The number of carboxylic acids is 1. The van der Waals surface area contributed by atoms with Crippen LogP contribution < -0.4 is 0 Å². The van der Waals surface area contributed by atoms with E-state index in [-0.39, 0.29) is 6.42 Å². The number of rotatable bonds is 2. The maximum absolute atomic E-state index is 9.53. The average Bonchev–Trinajstić information content (AvgIpc) is 1.67. The van der Waals surface area contributed by atoms with E-state index in [4.69, 9.17) is 14.6 Å². The summed E-state index contributed by atoms with van der Waals surface area (Å²) in [5, 5.41) is 7.84. The molecule has 0 heterocycles. The first kappa shape index (κ1) is 11.1. The van der Waals surface area contributed by atoms with Gasteiger partial charge >= 0.3 is 14.7 Å². The highest BCUT2D eigenvalue weighted by Gasteiger charge is 1.84. The quantitative estimate of drug-likeness (QED) is 0.446. The molecule has 0 aromatic carbocycles. The predicted molar refractivity (Wildman–Crippen MR) is 33.7 cm³/mol. The van der Waals surface area contributed by atoms with Crippen molar-refractivity contribution in [3.8, 4) is 0 Å². The first-order valence-corrected chi connectivity index (χ1v) is 2.88. The predicted octanol–water partition coefficient (Wildman–Crippen LogP) is 0.565. The molecule has 0 bridgehead atoms. The lowest BCUT2D eigenvalue weighted by Gasteiger charge is -1.75. The summed E-state index contributed by atoms with van der Waals surface area (Å²) in [4.78, 5) is 16.6. The molecule has 0 rings (SSSR count). The van der Waals surface area contributed by atoms with Crippen LogP contribution in [0.5, 0.6) is 0 Å². The van der Waals surface area contributed by atoms with Crippen molar-refractivity contribution in [1.29, 1.82) is 0 Å². The molecule has 0 aromatic rings. The molecular weight excluding hydrogens is 143 g/mol. The third kappa shape index (κ3) is 39.2. The molecular formula is C4H8O4P+. The molecule has 2 N–H and O–H groups in total. The van der Waals surface area contributed by atoms with Gasteiger partial charge in [0.15, 0.2) is 0 Å². The van der Waals surface area contributed by atoms with Crippen molar-refractivity contribution in [3.05, 3.63) is 12.7 Å². The Morgan fingerprint density at radius 2 is 2.11 bits per heavy atom. The van der Waals surface area contributed by atoms with E-state index in [1.54, 1.807) is 0 Å². The lowest BCUT2D eigenvalue weighted by molar-refractivity contribution is -0.135. The zero-order chi connectivity index (χ0) is 7.70. The number of hydrogen-bond donors (Lipinski definition) is 2. The van der Waals surface area contributed by atoms with Crippen LogP contribution in [0.15, 0.2) is 12.7 Å². The molecule has 0 aromatic heterocycles. The lowest BCUT2D eigenvalue weighted by Crippen LogP contribution is -1.88. The van der Waals surface area contributed by atoms with Crippen molar-refractivity contribution in [2.24, 2.45) is 0 Å². The average molecular weight is 151 g/mol. The summed E-state index contributed by atoms with van der Waals surface area (Å²) in [5.41, 5.74) is 0. The van der Waals surface area contributed by atoms with Gasteiger partial charge in [-0.05, 0) is 4.57 Å². The molecule has 1 atom stereocenters. The summed E-state index contributed by atoms with van der Waals surface area (Å²) in [7, 11) is -1.17. The van der Waals surface area contributed by atoms with Crippen molar-refractivity contribution in [1.82, 2.24) is 0 Å². The second-order valence-electron chi connectivity index (χ2n) is 0.978. The van der Waals surface area contributed by atoms with Crippen molar-refractivity contribution < 1.29 is 19.4 Å². The molecule has 0 spiro atoms. The highest BCUT2D eigenvalue weighted by molar-refractivity contribution is 7.16. The van der Waals surface area contributed by atoms with E-state index in [0.717, 1.165) is 0 Å². The second kappa shape index (κ2) is 10.3. The Morgan fingerprint density at radius 3 is 2.11 bits per heavy atom. The van der Waals surface area contributed by atoms with E-state index in [1.807, 2.05) is 0 Å². The Morgan fingerprint density at radius 1 is 1.78 bits per heavy atom. The molecule has 0 radical (unpaired) electrons. The topological polar surface area (TPSA) is 74.6 Å². The molecule has 0 fully saturated rings. The van der Waals surface area contributed by atoms with Gasteiger partial charge < -0.3 is 5.11 Å². The van der Waals surface area contributed by atoms with Crippen LogP contribution in [0.25, 0.3) is 0 Å². The largest absolute Gasteiger partial charge is 0.491 e. The minimum atomic E-state index is -1.17. The van der Waals surface area contributed by atoms with Crippen molar-refractivity contribution in [3.63, 3.8) is 0 Å². The Bertz CT molecular complexity index is 101. The van der Waals surface area contributed by atoms with Crippen molar-refractivity contribution in [2.45, 2.75) is 6.42 Å². The van der Waals surface area contributed by atoms with E-state index >= 15 is 0 Å². The first-order chi connectivity index (χ1) is 4.18. The smallest absolute Gasteiger partial charge is 0.481 e. The van der Waals surface area contributed by atoms with Gasteiger partial charge in [0.2, 0.25) is 0 Å². The maximum atomic E-state index is 9.53. The van der Waals surface area contributed by atoms with Gasteiger partial charge in [0.05, 0.1) is 6.42 Å². The van der Waals surface area contributed by atoms with Crippen LogP contribution >= 0.6 is 8.69 Å². The Hall–Kier alpha value is -0.730. The first-order valence-electron chi connectivity index (χ1n) is 2.03. The molecule has 0 aliphatic rings. The molecule has 52 valence electrons. The van der Waals surface area contributed by atoms with E-state index in [2.05, 4.69) is 6.58 Å². The van der Waals surface area contributed by atoms with Gasteiger partial charge in [-0.15, -0.1) is 6.58 Å². The van der Waals surface area contributed by atoms with Gasteiger partial charge in [-0.2, -0.15) is 4.89 Å². The number of aliphatic carboxylic acids is 1. The fourth-order valence-corrected chi connectivity index (χ4v) is 0.123. The minimum absolute atomic E-state index is 0.0556. The molecule has 5 heteroatoms. The molecule has 0 saturated carbocycles. The van der Waals surface area contributed by atoms with E-state index in [1.165, 1.54) is 6.08 Å². The van der Waals surface area contributed by atoms with E-state index in [9.17, 15) is 4.79 Å². The Kier molecular flexibility index (Phi) is 12.7. The van der Waals surface area contributed by atoms with E-state index in [0.29, 0.717) is 0 Å². The minimum Gasteiger partial charge on any atom is -0.481 e. The maximum Gasteiger partial charge on any atom is 0.491 e. The van der Waals surface area contributed by atoms with E-state index < -0.39 is 14.7 Å². The van der Waals surface area contributed by atoms with Crippen LogP contribution in [-0.2, 0) is 9.36 Å². The van der Waals surface area contributed by atoms with Crippen molar-refractivity contribution >= 4 is 14.7 Å². The standard InChI is InChI=1S/C4H6O2.HO2P/c1-2-3-4(5)6;1-3-2/h2H,1,3H2,(H,5,6);3H/p+1. The van der Waals surface area contributed by atoms with Crippen LogP contribution in [0.1, 0.15) is 6.42 Å². The summed E-state index contributed by atoms with van der Waals surface area (Å²) < 4.78 is 8.51. The molecule has 9 heavy (non-hydrogen) atoms. The Labute approximate surface area is 54.1 Å². The van der Waals surface area contributed by atoms with Gasteiger partial charge in [-0.1, -0.05) is 6.08 Å². The summed E-state index contributed by atoms with van der Waals surface area (Å²) in [5.74, 6) is -0.829. The Balaban J connectivity index is 0. The van der Waals surface area contributed by atoms with Crippen LogP contribution in [0, 0.1) is 0 Å². The SMILES string of the molecule is C=CCC(=O)O.O=[PH+]O. The zero-order valence-corrected chi connectivity index (χ0v) is 5.70. The second-order valence-corrected chi connectivity index (χ2v) is 1.16. The molecule has 0 aliphatic carbocycles. The van der Waals surface area contributed by atoms with Crippen molar-refractivity contribution in [2.75, 3.05) is 0 Å². The summed E-state index contributed by atoms with van der Waals surface area (Å²) >= 11 is 0. The van der Waals surface area contributed by atoms with Gasteiger partial charge in [-0.3, -0.25) is 4.79 Å². The fourth-order valence-electron chi connectivity index (χ4n) is 0.123. The summed E-state index contributed by atoms with van der Waals surface area (Å²) in [6, 6.07) is 0. The van der Waals surface area contributed by atoms with Gasteiger partial charge in [0, 0.05) is 0 Å². The lowest BCUT2D eigenvalue weighted by atomic mass is 10.4. The van der Waals surface area contributed by atoms with Crippen LogP contribution in [0.3, 0.4) is 0 Å². The number of hydrogen-bond acceptors (Lipinski definition) is 2. The van der Waals surface area contributed by atoms with Gasteiger partial charge in [0.1, 0.15) is 0 Å². The summed E-state index contributed by atoms with van der Waals surface area (Å²) in [6.07, 6.45) is 1.41. The number of carbonyl (C=O) groups is 1. The molecule has 1 unspecified atom stereocenters. The molecule has 0 amide bonds. The zero-order valence-electron chi connectivity index (χ0n) is 4.70. The molecule has 4 nitrogen and oxygen atoms in total. The van der Waals surface area contributed by atoms with Crippen LogP contribution in [0.4, 0.5) is 0 Å². The summed E-state index contributed by atoms with van der Waals surface area (Å²) in [6.45, 7) is 3.22. The normalized spacial score (nSPS) is 7.22. The van der Waals surface area contributed by atoms with Gasteiger partial charge in [-0.25, -0.2) is 0 Å². The highest BCUT2D eigenvalue weighted by Crippen LogP contribution is 1.74. The third-order valence-corrected chi connectivity index (χ3v) is 0.319.